The second-order valence-electron chi connectivity index (χ2n) is 6.39. The van der Waals surface area contributed by atoms with Crippen LogP contribution >= 0.6 is 0 Å². The number of fused-ring (bicyclic) bond motifs is 1. The van der Waals surface area contributed by atoms with Gasteiger partial charge in [0.15, 0.2) is 0 Å². The zero-order valence-corrected chi connectivity index (χ0v) is 15.9. The first-order chi connectivity index (χ1) is 13.0. The zero-order valence-electron chi connectivity index (χ0n) is 15.1. The zero-order chi connectivity index (χ0) is 19.0. The van der Waals surface area contributed by atoms with E-state index in [1.807, 2.05) is 30.3 Å². The quantitative estimate of drug-likeness (QED) is 0.655. The Bertz CT molecular complexity index is 1060. The van der Waals surface area contributed by atoms with Crippen LogP contribution in [0, 0.1) is 0 Å². The molecule has 2 aromatic heterocycles. The molecule has 0 N–H and O–H groups in total. The van der Waals surface area contributed by atoms with Crippen LogP contribution in [0.4, 0.5) is 5.69 Å². The van der Waals surface area contributed by atoms with Crippen molar-refractivity contribution in [3.05, 3.63) is 36.7 Å². The highest BCUT2D eigenvalue weighted by Gasteiger charge is 2.25. The van der Waals surface area contributed by atoms with Crippen LogP contribution in [0.3, 0.4) is 0 Å². The van der Waals surface area contributed by atoms with E-state index in [1.165, 1.54) is 10.6 Å². The summed E-state index contributed by atoms with van der Waals surface area (Å²) in [7, 11) is -1.54. The molecule has 0 spiro atoms. The Kier molecular flexibility index (Phi) is 4.44. The van der Waals surface area contributed by atoms with Crippen LogP contribution in [-0.4, -0.2) is 72.1 Å². The van der Waals surface area contributed by atoms with Gasteiger partial charge in [-0.1, -0.05) is 0 Å². The first-order valence-corrected chi connectivity index (χ1v) is 10.4. The summed E-state index contributed by atoms with van der Waals surface area (Å²) < 4.78 is 31.9. The van der Waals surface area contributed by atoms with Crippen LogP contribution in [0.15, 0.2) is 36.7 Å². The standard InChI is InChI=1S/C17H20N6O3S/c1-26-14-5-3-13(4-6-14)15-11-16(17-19-18-12-23(17)20-15)21-7-9-22(10-8-21)27(2,24)25/h3-6,11-12H,7-10H2,1-2H3. The Morgan fingerprint density at radius 2 is 1.78 bits per heavy atom. The van der Waals surface area contributed by atoms with Crippen LogP contribution in [-0.2, 0) is 10.0 Å². The minimum atomic E-state index is -3.17. The molecule has 3 aromatic rings. The normalized spacial score (nSPS) is 16.0. The second kappa shape index (κ2) is 6.78. The number of aromatic nitrogens is 4. The van der Waals surface area contributed by atoms with E-state index < -0.39 is 10.0 Å². The average molecular weight is 388 g/mol. The SMILES string of the molecule is COc1ccc(-c2cc(N3CCN(S(C)(=O)=O)CC3)c3nncn3n2)cc1. The molecule has 3 heterocycles. The number of piperazine rings is 1. The fourth-order valence-electron chi connectivity index (χ4n) is 3.21. The van der Waals surface area contributed by atoms with E-state index in [-0.39, 0.29) is 0 Å². The lowest BCUT2D eigenvalue weighted by Gasteiger charge is -2.34. The van der Waals surface area contributed by atoms with E-state index in [9.17, 15) is 8.42 Å². The summed E-state index contributed by atoms with van der Waals surface area (Å²) in [5.41, 5.74) is 3.27. The van der Waals surface area contributed by atoms with Gasteiger partial charge in [-0.2, -0.15) is 13.9 Å². The number of hydrogen-bond donors (Lipinski definition) is 0. The van der Waals surface area contributed by atoms with Gasteiger partial charge in [0.05, 0.1) is 24.7 Å². The summed E-state index contributed by atoms with van der Waals surface area (Å²) in [4.78, 5) is 2.13. The van der Waals surface area contributed by atoms with Crippen molar-refractivity contribution in [2.45, 2.75) is 0 Å². The fourth-order valence-corrected chi connectivity index (χ4v) is 4.03. The van der Waals surface area contributed by atoms with Crippen LogP contribution in [0.5, 0.6) is 5.75 Å². The third kappa shape index (κ3) is 3.45. The molecule has 1 aromatic carbocycles. The highest BCUT2D eigenvalue weighted by atomic mass is 32.2. The number of benzene rings is 1. The lowest BCUT2D eigenvalue weighted by molar-refractivity contribution is 0.388. The monoisotopic (exact) mass is 388 g/mol. The van der Waals surface area contributed by atoms with E-state index in [0.717, 1.165) is 22.7 Å². The van der Waals surface area contributed by atoms with Crippen molar-refractivity contribution < 1.29 is 13.2 Å². The number of nitrogens with zero attached hydrogens (tertiary/aromatic N) is 6. The lowest BCUT2D eigenvalue weighted by Crippen LogP contribution is -2.48. The third-order valence-electron chi connectivity index (χ3n) is 4.68. The fraction of sp³-hybridized carbons (Fsp3) is 0.353. The van der Waals surface area contributed by atoms with E-state index >= 15 is 0 Å². The summed E-state index contributed by atoms with van der Waals surface area (Å²) in [5.74, 6) is 0.779. The topological polar surface area (TPSA) is 92.9 Å². The Morgan fingerprint density at radius 3 is 2.41 bits per heavy atom. The predicted molar refractivity (Wildman–Crippen MR) is 101 cm³/mol. The summed E-state index contributed by atoms with van der Waals surface area (Å²) in [6.07, 6.45) is 2.81. The minimum absolute atomic E-state index is 0.444. The Morgan fingerprint density at radius 1 is 1.07 bits per heavy atom. The minimum Gasteiger partial charge on any atom is -0.497 e. The van der Waals surface area contributed by atoms with E-state index in [0.29, 0.717) is 31.8 Å². The molecule has 27 heavy (non-hydrogen) atoms. The molecule has 10 heteroatoms. The van der Waals surface area contributed by atoms with Crippen LogP contribution < -0.4 is 9.64 Å². The molecule has 9 nitrogen and oxygen atoms in total. The van der Waals surface area contributed by atoms with E-state index in [1.54, 1.807) is 18.0 Å². The Labute approximate surface area is 157 Å². The van der Waals surface area contributed by atoms with Crippen molar-refractivity contribution in [1.29, 1.82) is 0 Å². The van der Waals surface area contributed by atoms with Crippen LogP contribution in [0.1, 0.15) is 0 Å². The first-order valence-electron chi connectivity index (χ1n) is 8.51. The maximum Gasteiger partial charge on any atom is 0.211 e. The molecule has 1 saturated heterocycles. The van der Waals surface area contributed by atoms with Gasteiger partial charge in [-0.25, -0.2) is 8.42 Å². The second-order valence-corrected chi connectivity index (χ2v) is 8.37. The third-order valence-corrected chi connectivity index (χ3v) is 5.99. The molecule has 142 valence electrons. The molecule has 1 fully saturated rings. The largest absolute Gasteiger partial charge is 0.497 e. The van der Waals surface area contributed by atoms with Gasteiger partial charge >= 0.3 is 0 Å². The molecule has 0 radical (unpaired) electrons. The molecule has 0 atom stereocenters. The number of hydrogen-bond acceptors (Lipinski definition) is 7. The lowest BCUT2D eigenvalue weighted by atomic mass is 10.1. The first kappa shape index (κ1) is 17.7. The molecule has 0 saturated carbocycles. The number of anilines is 1. The van der Waals surface area contributed by atoms with Gasteiger partial charge in [0.2, 0.25) is 15.7 Å². The van der Waals surface area contributed by atoms with Crippen molar-refractivity contribution >= 4 is 21.4 Å². The summed E-state index contributed by atoms with van der Waals surface area (Å²) in [6, 6.07) is 9.64. The number of methoxy groups -OCH3 is 1. The molecule has 1 aliphatic heterocycles. The summed E-state index contributed by atoms with van der Waals surface area (Å²) in [6.45, 7) is 2.06. The molecule has 4 rings (SSSR count). The number of sulfonamides is 1. The van der Waals surface area contributed by atoms with E-state index in [2.05, 4.69) is 20.2 Å². The van der Waals surface area contributed by atoms with Crippen molar-refractivity contribution in [1.82, 2.24) is 24.1 Å². The molecule has 1 aliphatic rings. The smallest absolute Gasteiger partial charge is 0.211 e. The van der Waals surface area contributed by atoms with Crippen molar-refractivity contribution in [3.8, 4) is 17.0 Å². The average Bonchev–Trinajstić information content (AvgIpc) is 3.15. The Balaban J connectivity index is 1.69. The highest BCUT2D eigenvalue weighted by Crippen LogP contribution is 2.28. The summed E-state index contributed by atoms with van der Waals surface area (Å²) in [5, 5.41) is 12.7. The maximum absolute atomic E-state index is 11.8. The number of ether oxygens (including phenoxy) is 1. The van der Waals surface area contributed by atoms with Gasteiger partial charge in [-0.3, -0.25) is 0 Å². The van der Waals surface area contributed by atoms with Crippen LogP contribution in [0.2, 0.25) is 0 Å². The van der Waals surface area contributed by atoms with Gasteiger partial charge in [0, 0.05) is 31.7 Å². The van der Waals surface area contributed by atoms with Crippen molar-refractivity contribution in [2.24, 2.45) is 0 Å². The van der Waals surface area contributed by atoms with Crippen LogP contribution in [0.25, 0.3) is 16.9 Å². The Hall–Kier alpha value is -2.72. The number of rotatable bonds is 4. The molecular formula is C17H20N6O3S. The van der Waals surface area contributed by atoms with E-state index in [4.69, 9.17) is 4.74 Å². The van der Waals surface area contributed by atoms with Gasteiger partial charge in [0.25, 0.3) is 0 Å². The molecule has 0 amide bonds. The van der Waals surface area contributed by atoms with Crippen molar-refractivity contribution in [2.75, 3.05) is 44.4 Å². The van der Waals surface area contributed by atoms with Crippen molar-refractivity contribution in [3.63, 3.8) is 0 Å². The van der Waals surface area contributed by atoms with Gasteiger partial charge < -0.3 is 9.64 Å². The molecule has 0 aliphatic carbocycles. The molecular weight excluding hydrogens is 368 g/mol. The van der Waals surface area contributed by atoms with Gasteiger partial charge in [0.1, 0.15) is 12.1 Å². The molecule has 0 bridgehead atoms. The van der Waals surface area contributed by atoms with Gasteiger partial charge in [-0.05, 0) is 30.3 Å². The highest BCUT2D eigenvalue weighted by molar-refractivity contribution is 7.88. The van der Waals surface area contributed by atoms with Gasteiger partial charge in [-0.15, -0.1) is 10.2 Å². The predicted octanol–water partition coefficient (Wildman–Crippen LogP) is 0.881. The summed E-state index contributed by atoms with van der Waals surface area (Å²) >= 11 is 0. The molecule has 0 unspecified atom stereocenters. The maximum atomic E-state index is 11.8.